The van der Waals surface area contributed by atoms with Crippen molar-refractivity contribution in [1.29, 1.82) is 0 Å². The van der Waals surface area contributed by atoms with Crippen molar-refractivity contribution in [2.24, 2.45) is 0 Å². The van der Waals surface area contributed by atoms with Crippen molar-refractivity contribution in [1.82, 2.24) is 9.62 Å². The second-order valence-electron chi connectivity index (χ2n) is 6.87. The summed E-state index contributed by atoms with van der Waals surface area (Å²) < 4.78 is 40.6. The van der Waals surface area contributed by atoms with E-state index in [0.717, 1.165) is 35.4 Å². The zero-order valence-corrected chi connectivity index (χ0v) is 16.7. The molecule has 3 aromatic rings. The standard InChI is InChI=1S/C22H23FN2O2S/c1-25(2)16-17-7-9-18(10-8-17)22-6-4-3-5-19(22)15-24-28(26,27)21-13-11-20(23)12-14-21/h3-14,24H,15-16H2,1-2H3. The summed E-state index contributed by atoms with van der Waals surface area (Å²) in [6.07, 6.45) is 0. The van der Waals surface area contributed by atoms with E-state index in [4.69, 9.17) is 0 Å². The lowest BCUT2D eigenvalue weighted by atomic mass is 9.99. The van der Waals surface area contributed by atoms with Crippen LogP contribution in [0.2, 0.25) is 0 Å². The molecule has 28 heavy (non-hydrogen) atoms. The number of hydrogen-bond donors (Lipinski definition) is 1. The van der Waals surface area contributed by atoms with E-state index in [2.05, 4.69) is 21.8 Å². The SMILES string of the molecule is CN(C)Cc1ccc(-c2ccccc2CNS(=O)(=O)c2ccc(F)cc2)cc1. The molecule has 1 N–H and O–H groups in total. The van der Waals surface area contributed by atoms with Crippen molar-refractivity contribution in [3.63, 3.8) is 0 Å². The van der Waals surface area contributed by atoms with Gasteiger partial charge in [-0.1, -0.05) is 48.5 Å². The van der Waals surface area contributed by atoms with E-state index < -0.39 is 15.8 Å². The fourth-order valence-corrected chi connectivity index (χ4v) is 3.99. The van der Waals surface area contributed by atoms with E-state index in [1.165, 1.54) is 17.7 Å². The van der Waals surface area contributed by atoms with Crippen LogP contribution in [0.15, 0.2) is 77.7 Å². The third kappa shape index (κ3) is 5.04. The van der Waals surface area contributed by atoms with Crippen molar-refractivity contribution in [3.05, 3.63) is 89.7 Å². The first kappa shape index (κ1) is 20.2. The molecule has 0 atom stereocenters. The zero-order chi connectivity index (χ0) is 20.1. The Balaban J connectivity index is 1.80. The normalized spacial score (nSPS) is 11.7. The number of hydrogen-bond acceptors (Lipinski definition) is 3. The molecule has 0 bridgehead atoms. The summed E-state index contributed by atoms with van der Waals surface area (Å²) in [6.45, 7) is 1.01. The van der Waals surface area contributed by atoms with Crippen LogP contribution in [0.5, 0.6) is 0 Å². The second kappa shape index (κ2) is 8.65. The first-order valence-corrected chi connectivity index (χ1v) is 10.4. The third-order valence-electron chi connectivity index (χ3n) is 4.36. The molecule has 146 valence electrons. The van der Waals surface area contributed by atoms with Gasteiger partial charge in [-0.25, -0.2) is 17.5 Å². The van der Waals surface area contributed by atoms with Gasteiger partial charge in [0.25, 0.3) is 0 Å². The molecule has 0 saturated heterocycles. The molecule has 0 aliphatic rings. The molecular formula is C22H23FN2O2S. The van der Waals surface area contributed by atoms with Crippen LogP contribution in [0, 0.1) is 5.82 Å². The molecule has 0 aromatic heterocycles. The summed E-state index contributed by atoms with van der Waals surface area (Å²) in [7, 11) is 0.332. The van der Waals surface area contributed by atoms with Crippen LogP contribution in [0.3, 0.4) is 0 Å². The molecule has 0 amide bonds. The highest BCUT2D eigenvalue weighted by Crippen LogP contribution is 2.25. The Morgan fingerprint density at radius 1 is 0.893 bits per heavy atom. The summed E-state index contributed by atoms with van der Waals surface area (Å²) in [6, 6.07) is 20.7. The number of rotatable bonds is 7. The topological polar surface area (TPSA) is 49.4 Å². The molecule has 3 aromatic carbocycles. The number of nitrogens with zero attached hydrogens (tertiary/aromatic N) is 1. The van der Waals surface area contributed by atoms with Gasteiger partial charge in [-0.3, -0.25) is 0 Å². The lowest BCUT2D eigenvalue weighted by molar-refractivity contribution is 0.402. The Morgan fingerprint density at radius 3 is 2.18 bits per heavy atom. The minimum absolute atomic E-state index is 0.0411. The van der Waals surface area contributed by atoms with Crippen LogP contribution in [0.25, 0.3) is 11.1 Å². The minimum Gasteiger partial charge on any atom is -0.305 e. The molecule has 0 aliphatic heterocycles. The Labute approximate surface area is 165 Å². The van der Waals surface area contributed by atoms with Gasteiger partial charge in [-0.05, 0) is 60.6 Å². The van der Waals surface area contributed by atoms with Crippen molar-refractivity contribution in [3.8, 4) is 11.1 Å². The average molecular weight is 399 g/mol. The Morgan fingerprint density at radius 2 is 1.54 bits per heavy atom. The van der Waals surface area contributed by atoms with E-state index in [0.29, 0.717) is 0 Å². The smallest absolute Gasteiger partial charge is 0.240 e. The molecule has 4 nitrogen and oxygen atoms in total. The maximum Gasteiger partial charge on any atom is 0.240 e. The van der Waals surface area contributed by atoms with Gasteiger partial charge in [-0.2, -0.15) is 0 Å². The fourth-order valence-electron chi connectivity index (χ4n) is 2.98. The Hall–Kier alpha value is -2.54. The van der Waals surface area contributed by atoms with Crippen molar-refractivity contribution >= 4 is 10.0 Å². The van der Waals surface area contributed by atoms with Crippen molar-refractivity contribution in [2.75, 3.05) is 14.1 Å². The summed E-state index contributed by atoms with van der Waals surface area (Å²) in [4.78, 5) is 2.15. The molecule has 0 unspecified atom stereocenters. The summed E-state index contributed by atoms with van der Waals surface area (Å²) in [5, 5.41) is 0. The summed E-state index contributed by atoms with van der Waals surface area (Å²) in [5.74, 6) is -0.470. The highest BCUT2D eigenvalue weighted by molar-refractivity contribution is 7.89. The van der Waals surface area contributed by atoms with Gasteiger partial charge in [0.15, 0.2) is 0 Å². The van der Waals surface area contributed by atoms with E-state index in [1.54, 1.807) is 0 Å². The van der Waals surface area contributed by atoms with Crippen LogP contribution < -0.4 is 4.72 Å². The van der Waals surface area contributed by atoms with Gasteiger partial charge in [0.2, 0.25) is 10.0 Å². The highest BCUT2D eigenvalue weighted by atomic mass is 32.2. The molecule has 0 saturated carbocycles. The Bertz CT molecular complexity index is 1030. The van der Waals surface area contributed by atoms with Crippen molar-refractivity contribution < 1.29 is 12.8 Å². The van der Waals surface area contributed by atoms with Crippen LogP contribution >= 0.6 is 0 Å². The average Bonchev–Trinajstić information content (AvgIpc) is 2.67. The van der Waals surface area contributed by atoms with E-state index >= 15 is 0 Å². The van der Waals surface area contributed by atoms with Crippen LogP contribution in [0.1, 0.15) is 11.1 Å². The van der Waals surface area contributed by atoms with E-state index in [-0.39, 0.29) is 11.4 Å². The monoisotopic (exact) mass is 398 g/mol. The molecule has 0 radical (unpaired) electrons. The predicted octanol–water partition coefficient (Wildman–Crippen LogP) is 4.03. The maximum absolute atomic E-state index is 13.0. The highest BCUT2D eigenvalue weighted by Gasteiger charge is 2.15. The number of benzene rings is 3. The van der Waals surface area contributed by atoms with E-state index in [1.807, 2.05) is 50.5 Å². The lowest BCUT2D eigenvalue weighted by Gasteiger charge is -2.13. The molecule has 0 aliphatic carbocycles. The van der Waals surface area contributed by atoms with Gasteiger partial charge in [0.1, 0.15) is 5.82 Å². The van der Waals surface area contributed by atoms with Gasteiger partial charge in [0.05, 0.1) is 4.90 Å². The predicted molar refractivity (Wildman–Crippen MR) is 110 cm³/mol. The zero-order valence-electron chi connectivity index (χ0n) is 15.9. The van der Waals surface area contributed by atoms with Gasteiger partial charge >= 0.3 is 0 Å². The van der Waals surface area contributed by atoms with Gasteiger partial charge in [0, 0.05) is 13.1 Å². The number of halogens is 1. The third-order valence-corrected chi connectivity index (χ3v) is 5.77. The molecule has 0 fully saturated rings. The molecule has 0 spiro atoms. The number of nitrogens with one attached hydrogen (secondary N) is 1. The van der Waals surface area contributed by atoms with E-state index in [9.17, 15) is 12.8 Å². The Kier molecular flexibility index (Phi) is 6.24. The molecule has 6 heteroatoms. The number of sulfonamides is 1. The first-order chi connectivity index (χ1) is 13.3. The quantitative estimate of drug-likeness (QED) is 0.654. The van der Waals surface area contributed by atoms with Gasteiger partial charge in [-0.15, -0.1) is 0 Å². The molecular weight excluding hydrogens is 375 g/mol. The lowest BCUT2D eigenvalue weighted by Crippen LogP contribution is -2.23. The molecule has 0 heterocycles. The van der Waals surface area contributed by atoms with Crippen molar-refractivity contribution in [2.45, 2.75) is 18.0 Å². The van der Waals surface area contributed by atoms with Gasteiger partial charge < -0.3 is 4.90 Å². The van der Waals surface area contributed by atoms with Crippen LogP contribution in [-0.4, -0.2) is 27.4 Å². The summed E-state index contributed by atoms with van der Waals surface area (Å²) in [5.41, 5.74) is 4.08. The maximum atomic E-state index is 13.0. The minimum atomic E-state index is -3.72. The van der Waals surface area contributed by atoms with Crippen LogP contribution in [0.4, 0.5) is 4.39 Å². The first-order valence-electron chi connectivity index (χ1n) is 8.92. The second-order valence-corrected chi connectivity index (χ2v) is 8.64. The van der Waals surface area contributed by atoms with Crippen LogP contribution in [-0.2, 0) is 23.1 Å². The summed E-state index contributed by atoms with van der Waals surface area (Å²) >= 11 is 0. The fraction of sp³-hybridized carbons (Fsp3) is 0.182. The molecule has 3 rings (SSSR count). The largest absolute Gasteiger partial charge is 0.305 e.